The van der Waals surface area contributed by atoms with Crippen molar-refractivity contribution in [3.05, 3.63) is 202 Å². The zero-order valence-electron chi connectivity index (χ0n) is 24.8. The average molecular weight is 587 g/mol. The molecule has 2 heterocycles. The SMILES string of the molecule is c1ccc2c(c1)Oc1c(ccc3c1C1(c4ccccc4Oc4ccccc41)c1ccccc1-3)C21c2ccccc2-c2ccccc21. The zero-order valence-corrected chi connectivity index (χ0v) is 24.8. The summed E-state index contributed by atoms with van der Waals surface area (Å²) in [6.07, 6.45) is 0. The molecule has 0 amide bonds. The average Bonchev–Trinajstić information content (AvgIpc) is 3.58. The Morgan fingerprint density at radius 3 is 1.22 bits per heavy atom. The smallest absolute Gasteiger partial charge is 0.137 e. The van der Waals surface area contributed by atoms with E-state index in [1.165, 1.54) is 55.6 Å². The van der Waals surface area contributed by atoms with E-state index in [4.69, 9.17) is 9.47 Å². The third-order valence-electron chi connectivity index (χ3n) is 10.8. The summed E-state index contributed by atoms with van der Waals surface area (Å²) in [5, 5.41) is 0. The summed E-state index contributed by atoms with van der Waals surface area (Å²) < 4.78 is 13.9. The summed E-state index contributed by atoms with van der Waals surface area (Å²) in [5.41, 5.74) is 13.5. The molecule has 0 N–H and O–H groups in total. The second kappa shape index (κ2) is 8.44. The van der Waals surface area contributed by atoms with Gasteiger partial charge in [-0.2, -0.15) is 0 Å². The molecule has 0 saturated carbocycles. The van der Waals surface area contributed by atoms with Crippen LogP contribution in [0.5, 0.6) is 23.0 Å². The first-order chi connectivity index (χ1) is 22.8. The number of hydrogen-bond donors (Lipinski definition) is 0. The molecule has 2 nitrogen and oxygen atoms in total. The van der Waals surface area contributed by atoms with Crippen molar-refractivity contribution in [2.75, 3.05) is 0 Å². The molecule has 0 radical (unpaired) electrons. The van der Waals surface area contributed by atoms with Gasteiger partial charge in [-0.1, -0.05) is 140 Å². The van der Waals surface area contributed by atoms with Gasteiger partial charge in [0.05, 0.1) is 10.8 Å². The summed E-state index contributed by atoms with van der Waals surface area (Å²) in [4.78, 5) is 0. The summed E-state index contributed by atoms with van der Waals surface area (Å²) in [7, 11) is 0. The van der Waals surface area contributed by atoms with Crippen molar-refractivity contribution in [2.45, 2.75) is 10.8 Å². The molecule has 0 bridgehead atoms. The summed E-state index contributed by atoms with van der Waals surface area (Å²) >= 11 is 0. The van der Waals surface area contributed by atoms with Gasteiger partial charge in [0.1, 0.15) is 23.0 Å². The lowest BCUT2D eigenvalue weighted by molar-refractivity contribution is 0.412. The Morgan fingerprint density at radius 2 is 0.674 bits per heavy atom. The first kappa shape index (κ1) is 24.5. The largest absolute Gasteiger partial charge is 0.457 e. The Morgan fingerprint density at radius 1 is 0.283 bits per heavy atom. The van der Waals surface area contributed by atoms with Crippen LogP contribution >= 0.6 is 0 Å². The molecular formula is C44H26O2. The maximum absolute atomic E-state index is 7.29. The summed E-state index contributed by atoms with van der Waals surface area (Å²) in [5.74, 6) is 3.59. The van der Waals surface area contributed by atoms with Crippen LogP contribution in [0, 0.1) is 0 Å². The van der Waals surface area contributed by atoms with Crippen LogP contribution in [0.3, 0.4) is 0 Å². The Balaban J connectivity index is 1.36. The number of fused-ring (bicyclic) bond motifs is 19. The highest BCUT2D eigenvalue weighted by molar-refractivity contribution is 5.94. The molecule has 214 valence electrons. The fourth-order valence-electron chi connectivity index (χ4n) is 9.25. The van der Waals surface area contributed by atoms with Crippen molar-refractivity contribution < 1.29 is 9.47 Å². The van der Waals surface area contributed by atoms with Gasteiger partial charge in [0.2, 0.25) is 0 Å². The fourth-order valence-corrected chi connectivity index (χ4v) is 9.25. The van der Waals surface area contributed by atoms with Gasteiger partial charge in [0.15, 0.2) is 0 Å². The topological polar surface area (TPSA) is 18.5 Å². The highest BCUT2D eigenvalue weighted by Crippen LogP contribution is 2.69. The molecule has 7 aromatic rings. The molecule has 0 saturated heterocycles. The molecule has 0 fully saturated rings. The third-order valence-corrected chi connectivity index (χ3v) is 10.8. The minimum atomic E-state index is -0.631. The molecule has 0 atom stereocenters. The van der Waals surface area contributed by atoms with E-state index in [1.54, 1.807) is 0 Å². The van der Waals surface area contributed by atoms with Crippen molar-refractivity contribution in [3.63, 3.8) is 0 Å². The number of para-hydroxylation sites is 3. The van der Waals surface area contributed by atoms with E-state index >= 15 is 0 Å². The van der Waals surface area contributed by atoms with Crippen molar-refractivity contribution in [1.82, 2.24) is 0 Å². The van der Waals surface area contributed by atoms with Crippen LogP contribution in [-0.4, -0.2) is 0 Å². The fraction of sp³-hybridized carbons (Fsp3) is 0.0455. The van der Waals surface area contributed by atoms with Crippen LogP contribution in [0.2, 0.25) is 0 Å². The second-order valence-corrected chi connectivity index (χ2v) is 12.7. The predicted octanol–water partition coefficient (Wildman–Crippen LogP) is 10.6. The van der Waals surface area contributed by atoms with Crippen LogP contribution in [0.25, 0.3) is 22.3 Å². The predicted molar refractivity (Wildman–Crippen MR) is 181 cm³/mol. The minimum Gasteiger partial charge on any atom is -0.457 e. The van der Waals surface area contributed by atoms with E-state index in [9.17, 15) is 0 Å². The highest BCUT2D eigenvalue weighted by Gasteiger charge is 2.57. The maximum Gasteiger partial charge on any atom is 0.137 e. The second-order valence-electron chi connectivity index (χ2n) is 12.7. The van der Waals surface area contributed by atoms with Crippen molar-refractivity contribution in [1.29, 1.82) is 0 Å². The lowest BCUT2D eigenvalue weighted by Gasteiger charge is -2.44. The summed E-state index contributed by atoms with van der Waals surface area (Å²) in [6, 6.07) is 57.2. The van der Waals surface area contributed by atoms with Crippen LogP contribution in [0.1, 0.15) is 44.5 Å². The first-order valence-corrected chi connectivity index (χ1v) is 15.9. The molecule has 0 aromatic heterocycles. The van der Waals surface area contributed by atoms with E-state index in [0.29, 0.717) is 0 Å². The molecule has 4 aliphatic rings. The van der Waals surface area contributed by atoms with Gasteiger partial charge < -0.3 is 9.47 Å². The molecular weight excluding hydrogens is 560 g/mol. The van der Waals surface area contributed by atoms with Gasteiger partial charge >= 0.3 is 0 Å². The normalized spacial score (nSPS) is 15.7. The van der Waals surface area contributed by atoms with Crippen molar-refractivity contribution in [2.24, 2.45) is 0 Å². The van der Waals surface area contributed by atoms with E-state index in [2.05, 4.69) is 158 Å². The van der Waals surface area contributed by atoms with Gasteiger partial charge in [-0.25, -0.2) is 0 Å². The van der Waals surface area contributed by atoms with Crippen LogP contribution in [0.15, 0.2) is 158 Å². The number of hydrogen-bond acceptors (Lipinski definition) is 2. The van der Waals surface area contributed by atoms with Gasteiger partial charge in [0, 0.05) is 27.8 Å². The van der Waals surface area contributed by atoms with Crippen molar-refractivity contribution in [3.8, 4) is 45.3 Å². The molecule has 7 aromatic carbocycles. The molecule has 2 aliphatic heterocycles. The Bertz CT molecular complexity index is 2360. The zero-order chi connectivity index (χ0) is 30.0. The first-order valence-electron chi connectivity index (χ1n) is 15.9. The lowest BCUT2D eigenvalue weighted by atomic mass is 9.62. The summed E-state index contributed by atoms with van der Waals surface area (Å²) in [6.45, 7) is 0. The van der Waals surface area contributed by atoms with Crippen LogP contribution < -0.4 is 9.47 Å². The molecule has 2 heteroatoms. The Labute approximate surface area is 267 Å². The quantitative estimate of drug-likeness (QED) is 0.176. The van der Waals surface area contributed by atoms with E-state index in [-0.39, 0.29) is 0 Å². The van der Waals surface area contributed by atoms with Crippen LogP contribution in [0.4, 0.5) is 0 Å². The van der Waals surface area contributed by atoms with E-state index in [0.717, 1.165) is 34.1 Å². The number of benzene rings is 7. The standard InChI is InChI=1S/C44H26O2/c1-4-16-31-27(13-1)28-14-2-5-17-32(28)43(31)34-19-7-12-24-40(34)46-42-37(43)26-25-30-29-15-3-6-18-33(29)44(41(30)42)35-20-8-10-22-38(35)45-39-23-11-9-21-36(39)44/h1-26H. The number of ether oxygens (including phenoxy) is 2. The van der Waals surface area contributed by atoms with E-state index < -0.39 is 10.8 Å². The Hall–Kier alpha value is -5.86. The molecule has 46 heavy (non-hydrogen) atoms. The van der Waals surface area contributed by atoms with Crippen LogP contribution in [-0.2, 0) is 10.8 Å². The van der Waals surface area contributed by atoms with Crippen molar-refractivity contribution >= 4 is 0 Å². The van der Waals surface area contributed by atoms with Gasteiger partial charge in [0.25, 0.3) is 0 Å². The molecule has 0 unspecified atom stereocenters. The molecule has 2 spiro atoms. The third kappa shape index (κ3) is 2.64. The Kier molecular flexibility index (Phi) is 4.49. The molecule has 11 rings (SSSR count). The van der Waals surface area contributed by atoms with E-state index in [1.807, 2.05) is 0 Å². The maximum atomic E-state index is 7.29. The monoisotopic (exact) mass is 586 g/mol. The van der Waals surface area contributed by atoms with Gasteiger partial charge in [-0.15, -0.1) is 0 Å². The molecule has 2 aliphatic carbocycles. The van der Waals surface area contributed by atoms with Gasteiger partial charge in [-0.05, 0) is 57.1 Å². The lowest BCUT2D eigenvalue weighted by Crippen LogP contribution is -2.36. The highest BCUT2D eigenvalue weighted by atomic mass is 16.5. The minimum absolute atomic E-state index is 0.535. The van der Waals surface area contributed by atoms with Gasteiger partial charge in [-0.3, -0.25) is 0 Å². The number of rotatable bonds is 0.